The summed E-state index contributed by atoms with van der Waals surface area (Å²) in [5, 5.41) is 0. The summed E-state index contributed by atoms with van der Waals surface area (Å²) < 4.78 is 16.6. The molecule has 0 N–H and O–H groups in total. The summed E-state index contributed by atoms with van der Waals surface area (Å²) >= 11 is 6.67. The Balaban J connectivity index is 1.48. The molecule has 0 aliphatic carbocycles. The summed E-state index contributed by atoms with van der Waals surface area (Å²) in [6, 6.07) is 11.5. The number of anilines is 1. The largest absolute Gasteiger partial charge is 0.493 e. The number of methoxy groups -OCH3 is 3. The first kappa shape index (κ1) is 24.1. The average molecular weight is 499 g/mol. The highest BCUT2D eigenvalue weighted by molar-refractivity contribution is 8.26. The van der Waals surface area contributed by atoms with Crippen LogP contribution < -0.4 is 19.1 Å². The van der Waals surface area contributed by atoms with Gasteiger partial charge in [0.25, 0.3) is 5.91 Å². The Kier molecular flexibility index (Phi) is 7.43. The molecule has 2 heterocycles. The molecule has 0 atom stereocenters. The zero-order valence-corrected chi connectivity index (χ0v) is 21.0. The second-order valence-corrected chi connectivity index (χ2v) is 9.50. The van der Waals surface area contributed by atoms with Crippen molar-refractivity contribution >= 4 is 51.9 Å². The van der Waals surface area contributed by atoms with E-state index in [0.29, 0.717) is 33.0 Å². The lowest BCUT2D eigenvalue weighted by molar-refractivity contribution is -0.123. The van der Waals surface area contributed by atoms with Crippen LogP contribution in [0, 0.1) is 0 Å². The number of hydrogen-bond acceptors (Lipinski definition) is 7. The molecule has 0 spiro atoms. The van der Waals surface area contributed by atoms with Crippen molar-refractivity contribution in [1.82, 2.24) is 4.90 Å². The number of amides is 2. The van der Waals surface area contributed by atoms with E-state index in [4.69, 9.17) is 26.4 Å². The number of nitrogens with zero attached hydrogens (tertiary/aromatic N) is 2. The van der Waals surface area contributed by atoms with E-state index in [9.17, 15) is 9.59 Å². The molecule has 0 unspecified atom stereocenters. The molecule has 9 heteroatoms. The molecule has 178 valence electrons. The standard InChI is InChI=1S/C25H26N2O5S2/c1-30-19-13-16(14-20(31-2)23(19)32-3)15-21-24(29)27(25(33)34-21)12-10-22(28)26-11-6-8-17-7-4-5-9-18(17)26/h4-5,7,9,13-15H,6,8,10-12H2,1-3H3/b21-15+. The number of thiocarbonyl (C=S) groups is 1. The molecular weight excluding hydrogens is 472 g/mol. The van der Waals surface area contributed by atoms with Crippen LogP contribution in [0.3, 0.4) is 0 Å². The van der Waals surface area contributed by atoms with Crippen LogP contribution >= 0.6 is 24.0 Å². The van der Waals surface area contributed by atoms with Crippen LogP contribution in [0.5, 0.6) is 17.2 Å². The number of fused-ring (bicyclic) bond motifs is 1. The second kappa shape index (κ2) is 10.5. The average Bonchev–Trinajstić information content (AvgIpc) is 3.13. The van der Waals surface area contributed by atoms with E-state index in [1.165, 1.54) is 43.6 Å². The lowest BCUT2D eigenvalue weighted by atomic mass is 10.0. The Morgan fingerprint density at radius 2 is 1.82 bits per heavy atom. The van der Waals surface area contributed by atoms with Crippen molar-refractivity contribution in [3.63, 3.8) is 0 Å². The van der Waals surface area contributed by atoms with Gasteiger partial charge in [-0.05, 0) is 48.2 Å². The summed E-state index contributed by atoms with van der Waals surface area (Å²) in [7, 11) is 4.62. The Bertz CT molecular complexity index is 1140. The topological polar surface area (TPSA) is 68.3 Å². The van der Waals surface area contributed by atoms with Gasteiger partial charge in [0, 0.05) is 25.2 Å². The third-order valence-corrected chi connectivity index (χ3v) is 7.20. The Hall–Kier alpha value is -3.04. The van der Waals surface area contributed by atoms with Crippen molar-refractivity contribution in [2.75, 3.05) is 39.3 Å². The number of rotatable bonds is 7. The quantitative estimate of drug-likeness (QED) is 0.417. The predicted octanol–water partition coefficient (Wildman–Crippen LogP) is 4.28. The molecule has 1 saturated heterocycles. The molecule has 1 fully saturated rings. The first-order valence-electron chi connectivity index (χ1n) is 10.9. The van der Waals surface area contributed by atoms with E-state index >= 15 is 0 Å². The van der Waals surface area contributed by atoms with E-state index in [0.717, 1.165) is 24.1 Å². The van der Waals surface area contributed by atoms with E-state index in [1.54, 1.807) is 18.2 Å². The van der Waals surface area contributed by atoms with Gasteiger partial charge in [-0.1, -0.05) is 42.2 Å². The van der Waals surface area contributed by atoms with Crippen molar-refractivity contribution in [1.29, 1.82) is 0 Å². The molecule has 2 aliphatic rings. The summed E-state index contributed by atoms with van der Waals surface area (Å²) in [5.41, 5.74) is 2.86. The smallest absolute Gasteiger partial charge is 0.266 e. The highest BCUT2D eigenvalue weighted by Crippen LogP contribution is 2.40. The third-order valence-electron chi connectivity index (χ3n) is 5.82. The summed E-state index contributed by atoms with van der Waals surface area (Å²) in [4.78, 5) is 29.9. The fraction of sp³-hybridized carbons (Fsp3) is 0.320. The van der Waals surface area contributed by atoms with Crippen LogP contribution in [0.25, 0.3) is 6.08 Å². The fourth-order valence-corrected chi connectivity index (χ4v) is 5.47. The van der Waals surface area contributed by atoms with Crippen molar-refractivity contribution < 1.29 is 23.8 Å². The minimum Gasteiger partial charge on any atom is -0.493 e. The van der Waals surface area contributed by atoms with Gasteiger partial charge < -0.3 is 19.1 Å². The number of carbonyl (C=O) groups is 2. The van der Waals surface area contributed by atoms with Crippen molar-refractivity contribution in [3.8, 4) is 17.2 Å². The molecule has 2 amide bonds. The molecule has 0 radical (unpaired) electrons. The lowest BCUT2D eigenvalue weighted by Crippen LogP contribution is -2.38. The van der Waals surface area contributed by atoms with Crippen LogP contribution in [0.4, 0.5) is 5.69 Å². The summed E-state index contributed by atoms with van der Waals surface area (Å²) in [5.74, 6) is 1.25. The molecule has 4 rings (SSSR count). The normalized spacial score (nSPS) is 16.6. The van der Waals surface area contributed by atoms with Gasteiger partial charge in [-0.25, -0.2) is 0 Å². The summed E-state index contributed by atoms with van der Waals surface area (Å²) in [6.07, 6.45) is 3.85. The SMILES string of the molecule is COc1cc(/C=C2/SC(=S)N(CCC(=O)N3CCCc4ccccc43)C2=O)cc(OC)c1OC. The first-order chi connectivity index (χ1) is 16.5. The van der Waals surface area contributed by atoms with Gasteiger partial charge in [0.05, 0.1) is 26.2 Å². The third kappa shape index (κ3) is 4.76. The van der Waals surface area contributed by atoms with Crippen LogP contribution in [0.15, 0.2) is 41.3 Å². The highest BCUT2D eigenvalue weighted by atomic mass is 32.2. The molecule has 34 heavy (non-hydrogen) atoms. The van der Waals surface area contributed by atoms with E-state index in [1.807, 2.05) is 23.1 Å². The number of para-hydroxylation sites is 1. The minimum atomic E-state index is -0.212. The zero-order valence-electron chi connectivity index (χ0n) is 19.3. The first-order valence-corrected chi connectivity index (χ1v) is 12.1. The van der Waals surface area contributed by atoms with Crippen LogP contribution in [-0.2, 0) is 16.0 Å². The molecule has 0 bridgehead atoms. The van der Waals surface area contributed by atoms with E-state index < -0.39 is 0 Å². The molecule has 2 aromatic rings. The molecule has 2 aliphatic heterocycles. The van der Waals surface area contributed by atoms with Gasteiger partial charge in [-0.2, -0.15) is 0 Å². The van der Waals surface area contributed by atoms with Gasteiger partial charge in [0.2, 0.25) is 11.7 Å². The fourth-order valence-electron chi connectivity index (χ4n) is 4.16. The Morgan fingerprint density at radius 1 is 1.12 bits per heavy atom. The Labute approximate surface area is 208 Å². The summed E-state index contributed by atoms with van der Waals surface area (Å²) in [6.45, 7) is 0.935. The van der Waals surface area contributed by atoms with Gasteiger partial charge in [-0.3, -0.25) is 14.5 Å². The Morgan fingerprint density at radius 3 is 2.50 bits per heavy atom. The maximum Gasteiger partial charge on any atom is 0.266 e. The highest BCUT2D eigenvalue weighted by Gasteiger charge is 2.33. The predicted molar refractivity (Wildman–Crippen MR) is 138 cm³/mol. The molecule has 0 aromatic heterocycles. The molecule has 2 aromatic carbocycles. The van der Waals surface area contributed by atoms with Gasteiger partial charge in [-0.15, -0.1) is 0 Å². The number of hydrogen-bond donors (Lipinski definition) is 0. The van der Waals surface area contributed by atoms with Crippen molar-refractivity contribution in [3.05, 3.63) is 52.4 Å². The number of carbonyl (C=O) groups excluding carboxylic acids is 2. The molecule has 7 nitrogen and oxygen atoms in total. The van der Waals surface area contributed by atoms with Gasteiger partial charge >= 0.3 is 0 Å². The van der Waals surface area contributed by atoms with Crippen LogP contribution in [-0.4, -0.2) is 55.5 Å². The maximum atomic E-state index is 13.1. The lowest BCUT2D eigenvalue weighted by Gasteiger charge is -2.30. The monoisotopic (exact) mass is 498 g/mol. The maximum absolute atomic E-state index is 13.1. The van der Waals surface area contributed by atoms with Gasteiger partial charge in [0.15, 0.2) is 11.5 Å². The second-order valence-electron chi connectivity index (χ2n) is 7.82. The van der Waals surface area contributed by atoms with Crippen LogP contribution in [0.2, 0.25) is 0 Å². The number of aryl methyl sites for hydroxylation is 1. The molecule has 0 saturated carbocycles. The van der Waals surface area contributed by atoms with Crippen molar-refractivity contribution in [2.24, 2.45) is 0 Å². The van der Waals surface area contributed by atoms with E-state index in [2.05, 4.69) is 6.07 Å². The van der Waals surface area contributed by atoms with Gasteiger partial charge in [0.1, 0.15) is 4.32 Å². The van der Waals surface area contributed by atoms with Crippen molar-refractivity contribution in [2.45, 2.75) is 19.3 Å². The van der Waals surface area contributed by atoms with Crippen LogP contribution in [0.1, 0.15) is 24.0 Å². The zero-order chi connectivity index (χ0) is 24.2. The molecular formula is C25H26N2O5S2. The number of ether oxygens (including phenoxy) is 3. The minimum absolute atomic E-state index is 0.00481. The number of benzene rings is 2. The van der Waals surface area contributed by atoms with E-state index in [-0.39, 0.29) is 24.8 Å². The number of thioether (sulfide) groups is 1.